The molecule has 0 aliphatic carbocycles. The van der Waals surface area contributed by atoms with Gasteiger partial charge in [0.1, 0.15) is 23.7 Å². The molecule has 1 aliphatic rings. The van der Waals surface area contributed by atoms with Crippen molar-refractivity contribution < 1.29 is 13.9 Å². The second-order valence-electron chi connectivity index (χ2n) is 6.36. The van der Waals surface area contributed by atoms with E-state index >= 15 is 0 Å². The second kappa shape index (κ2) is 8.99. The largest absolute Gasteiger partial charge is 0.439 e. The van der Waals surface area contributed by atoms with E-state index in [0.717, 1.165) is 18.7 Å². The van der Waals surface area contributed by atoms with Gasteiger partial charge in [0.25, 0.3) is 0 Å². The van der Waals surface area contributed by atoms with Gasteiger partial charge >= 0.3 is 0 Å². The summed E-state index contributed by atoms with van der Waals surface area (Å²) in [6.07, 6.45) is 3.99. The highest BCUT2D eigenvalue weighted by Gasteiger charge is 2.21. The molecule has 2 heterocycles. The Morgan fingerprint density at radius 2 is 2.00 bits per heavy atom. The molecule has 1 aromatic heterocycles. The Morgan fingerprint density at radius 1 is 1.22 bits per heavy atom. The lowest BCUT2D eigenvalue weighted by atomic mass is 10.2. The van der Waals surface area contributed by atoms with Gasteiger partial charge in [-0.3, -0.25) is 4.79 Å². The number of carbonyl (C=O) groups excluding carboxylic acids is 1. The molecule has 3 rings (SSSR count). The first-order valence-corrected chi connectivity index (χ1v) is 9.42. The van der Waals surface area contributed by atoms with E-state index in [1.807, 2.05) is 4.90 Å². The highest BCUT2D eigenvalue weighted by Crippen LogP contribution is 2.26. The number of halogens is 2. The van der Waals surface area contributed by atoms with E-state index in [1.54, 1.807) is 6.07 Å². The summed E-state index contributed by atoms with van der Waals surface area (Å²) in [7, 11) is 0. The number of nitrogens with zero attached hydrogens (tertiary/aromatic N) is 4. The van der Waals surface area contributed by atoms with Gasteiger partial charge in [0.15, 0.2) is 0 Å². The third-order valence-corrected chi connectivity index (χ3v) is 4.73. The number of hydrogen-bond acceptors (Lipinski definition) is 5. The van der Waals surface area contributed by atoms with Crippen molar-refractivity contribution in [2.45, 2.75) is 26.2 Å². The van der Waals surface area contributed by atoms with Crippen LogP contribution in [0.25, 0.3) is 0 Å². The standard InChI is InChI=1S/C19H22ClFN4O2/c1-2-3-4-19(26)25-9-7-24(8-10-25)17-12-18(23-13-22-17)27-14-5-6-16(21)15(20)11-14/h5-6,11-13H,2-4,7-10H2,1H3. The molecule has 0 N–H and O–H groups in total. The quantitative estimate of drug-likeness (QED) is 0.746. The van der Waals surface area contributed by atoms with Gasteiger partial charge in [-0.05, 0) is 18.6 Å². The highest BCUT2D eigenvalue weighted by molar-refractivity contribution is 6.30. The lowest BCUT2D eigenvalue weighted by molar-refractivity contribution is -0.131. The number of ether oxygens (including phenoxy) is 1. The summed E-state index contributed by atoms with van der Waals surface area (Å²) in [4.78, 5) is 24.5. The minimum absolute atomic E-state index is 0.00867. The number of piperazine rings is 1. The summed E-state index contributed by atoms with van der Waals surface area (Å²) in [5.74, 6) is 1.20. The fourth-order valence-electron chi connectivity index (χ4n) is 2.89. The van der Waals surface area contributed by atoms with Crippen LogP contribution in [0.1, 0.15) is 26.2 Å². The van der Waals surface area contributed by atoms with Crippen LogP contribution in [-0.4, -0.2) is 47.0 Å². The minimum Gasteiger partial charge on any atom is -0.439 e. The second-order valence-corrected chi connectivity index (χ2v) is 6.77. The SMILES string of the molecule is CCCCC(=O)N1CCN(c2cc(Oc3ccc(F)c(Cl)c3)ncn2)CC1. The number of unbranched alkanes of at least 4 members (excludes halogenated alkanes) is 1. The van der Waals surface area contributed by atoms with Gasteiger partial charge in [-0.1, -0.05) is 24.9 Å². The van der Waals surface area contributed by atoms with Crippen molar-refractivity contribution in [2.24, 2.45) is 0 Å². The van der Waals surface area contributed by atoms with Crippen molar-refractivity contribution >= 4 is 23.3 Å². The number of rotatable bonds is 6. The van der Waals surface area contributed by atoms with E-state index in [2.05, 4.69) is 21.8 Å². The van der Waals surface area contributed by atoms with Gasteiger partial charge < -0.3 is 14.5 Å². The number of aromatic nitrogens is 2. The Bertz CT molecular complexity index is 797. The van der Waals surface area contributed by atoms with Crippen LogP contribution in [0.3, 0.4) is 0 Å². The molecule has 6 nitrogen and oxygen atoms in total. The van der Waals surface area contributed by atoms with Crippen LogP contribution in [0.15, 0.2) is 30.6 Å². The van der Waals surface area contributed by atoms with Crippen molar-refractivity contribution in [3.63, 3.8) is 0 Å². The predicted molar refractivity (Wildman–Crippen MR) is 102 cm³/mol. The summed E-state index contributed by atoms with van der Waals surface area (Å²) in [6, 6.07) is 5.86. The van der Waals surface area contributed by atoms with Crippen molar-refractivity contribution in [3.05, 3.63) is 41.4 Å². The minimum atomic E-state index is -0.501. The fraction of sp³-hybridized carbons (Fsp3) is 0.421. The summed E-state index contributed by atoms with van der Waals surface area (Å²) < 4.78 is 18.9. The van der Waals surface area contributed by atoms with Crippen LogP contribution in [0.5, 0.6) is 11.6 Å². The van der Waals surface area contributed by atoms with Crippen molar-refractivity contribution in [2.75, 3.05) is 31.1 Å². The molecule has 1 aromatic carbocycles. The van der Waals surface area contributed by atoms with E-state index in [-0.39, 0.29) is 10.9 Å². The molecule has 1 fully saturated rings. The van der Waals surface area contributed by atoms with Crippen LogP contribution >= 0.6 is 11.6 Å². The Kier molecular flexibility index (Phi) is 6.45. The van der Waals surface area contributed by atoms with E-state index in [0.29, 0.717) is 44.2 Å². The Morgan fingerprint density at radius 3 is 2.70 bits per heavy atom. The van der Waals surface area contributed by atoms with Crippen molar-refractivity contribution in [1.29, 1.82) is 0 Å². The summed E-state index contributed by atoms with van der Waals surface area (Å²) >= 11 is 5.78. The van der Waals surface area contributed by atoms with Gasteiger partial charge in [-0.15, -0.1) is 0 Å². The zero-order valence-corrected chi connectivity index (χ0v) is 16.0. The molecule has 8 heteroatoms. The average Bonchev–Trinajstić information content (AvgIpc) is 2.69. The molecule has 27 heavy (non-hydrogen) atoms. The normalized spacial score (nSPS) is 14.3. The maximum atomic E-state index is 13.3. The highest BCUT2D eigenvalue weighted by atomic mass is 35.5. The van der Waals surface area contributed by atoms with E-state index in [1.165, 1.54) is 24.5 Å². The Labute approximate surface area is 162 Å². The molecule has 2 aromatic rings. The average molecular weight is 393 g/mol. The van der Waals surface area contributed by atoms with E-state index in [9.17, 15) is 9.18 Å². The Hall–Kier alpha value is -2.41. The topological polar surface area (TPSA) is 58.6 Å². The number of hydrogen-bond donors (Lipinski definition) is 0. The maximum Gasteiger partial charge on any atom is 0.224 e. The number of carbonyl (C=O) groups is 1. The van der Waals surface area contributed by atoms with Gasteiger partial charge in [-0.2, -0.15) is 0 Å². The predicted octanol–water partition coefficient (Wildman–Crippen LogP) is 3.90. The van der Waals surface area contributed by atoms with Gasteiger partial charge in [-0.25, -0.2) is 14.4 Å². The smallest absolute Gasteiger partial charge is 0.224 e. The summed E-state index contributed by atoms with van der Waals surface area (Å²) in [5, 5.41) is -0.00867. The number of amides is 1. The molecule has 0 unspecified atom stereocenters. The number of anilines is 1. The molecule has 0 atom stereocenters. The molecular formula is C19H22ClFN4O2. The van der Waals surface area contributed by atoms with Crippen LogP contribution in [0.4, 0.5) is 10.2 Å². The van der Waals surface area contributed by atoms with Crippen LogP contribution in [0, 0.1) is 5.82 Å². The van der Waals surface area contributed by atoms with Gasteiger partial charge in [0.2, 0.25) is 11.8 Å². The van der Waals surface area contributed by atoms with Gasteiger partial charge in [0, 0.05) is 44.7 Å². The third kappa shape index (κ3) is 5.07. The first-order valence-electron chi connectivity index (χ1n) is 9.04. The van der Waals surface area contributed by atoms with E-state index < -0.39 is 5.82 Å². The van der Waals surface area contributed by atoms with Crippen LogP contribution < -0.4 is 9.64 Å². The first-order chi connectivity index (χ1) is 13.1. The molecule has 1 saturated heterocycles. The maximum absolute atomic E-state index is 13.3. The molecule has 1 amide bonds. The molecule has 0 bridgehead atoms. The lowest BCUT2D eigenvalue weighted by Crippen LogP contribution is -2.49. The summed E-state index contributed by atoms with van der Waals surface area (Å²) in [6.45, 7) is 4.85. The molecule has 0 spiro atoms. The molecular weight excluding hydrogens is 371 g/mol. The van der Waals surface area contributed by atoms with Crippen molar-refractivity contribution in [1.82, 2.24) is 14.9 Å². The number of benzene rings is 1. The monoisotopic (exact) mass is 392 g/mol. The molecule has 144 valence electrons. The van der Waals surface area contributed by atoms with Crippen LogP contribution in [-0.2, 0) is 4.79 Å². The fourth-order valence-corrected chi connectivity index (χ4v) is 3.06. The Balaban J connectivity index is 1.61. The first kappa shape index (κ1) is 19.4. The zero-order chi connectivity index (χ0) is 19.2. The van der Waals surface area contributed by atoms with Crippen LogP contribution in [0.2, 0.25) is 5.02 Å². The molecule has 0 saturated carbocycles. The molecule has 1 aliphatic heterocycles. The lowest BCUT2D eigenvalue weighted by Gasteiger charge is -2.35. The van der Waals surface area contributed by atoms with E-state index in [4.69, 9.17) is 16.3 Å². The van der Waals surface area contributed by atoms with Gasteiger partial charge in [0.05, 0.1) is 5.02 Å². The summed E-state index contributed by atoms with van der Waals surface area (Å²) in [5.41, 5.74) is 0. The third-order valence-electron chi connectivity index (χ3n) is 4.44. The molecule has 0 radical (unpaired) electrons. The van der Waals surface area contributed by atoms with Crippen molar-refractivity contribution in [3.8, 4) is 11.6 Å². The zero-order valence-electron chi connectivity index (χ0n) is 15.2.